The first-order chi connectivity index (χ1) is 15.4. The van der Waals surface area contributed by atoms with Crippen molar-refractivity contribution in [1.29, 1.82) is 0 Å². The van der Waals surface area contributed by atoms with Crippen molar-refractivity contribution in [3.63, 3.8) is 0 Å². The molecule has 0 aromatic heterocycles. The van der Waals surface area contributed by atoms with Gasteiger partial charge in [0.05, 0.1) is 31.4 Å². The molecular weight excluding hydrogens is 455 g/mol. The van der Waals surface area contributed by atoms with Crippen molar-refractivity contribution in [2.45, 2.75) is 12.8 Å². The second-order valence-corrected chi connectivity index (χ2v) is 8.11. The third kappa shape index (κ3) is 5.99. The highest BCUT2D eigenvalue weighted by atomic mass is 35.5. The minimum absolute atomic E-state index is 0.0462. The molecule has 0 bridgehead atoms. The number of halogens is 2. The molecule has 9 heteroatoms. The van der Waals surface area contributed by atoms with Gasteiger partial charge in [0.25, 0.3) is 5.91 Å². The van der Waals surface area contributed by atoms with Crippen LogP contribution in [-0.4, -0.2) is 68.6 Å². The summed E-state index contributed by atoms with van der Waals surface area (Å²) < 4.78 is 16.2. The predicted molar refractivity (Wildman–Crippen MR) is 123 cm³/mol. The second kappa shape index (κ2) is 11.3. The van der Waals surface area contributed by atoms with Crippen LogP contribution < -0.4 is 14.2 Å². The molecule has 0 radical (unpaired) electrons. The number of carbonyl (C=O) groups excluding carboxylic acids is 2. The van der Waals surface area contributed by atoms with Crippen LogP contribution in [0, 0.1) is 0 Å². The Morgan fingerprint density at radius 1 is 0.906 bits per heavy atom. The summed E-state index contributed by atoms with van der Waals surface area (Å²) in [6.07, 6.45) is 0.936. The van der Waals surface area contributed by atoms with Crippen LogP contribution >= 0.6 is 23.2 Å². The lowest BCUT2D eigenvalue weighted by Gasteiger charge is -2.35. The average molecular weight is 481 g/mol. The molecule has 0 atom stereocenters. The molecule has 2 aromatic carbocycles. The molecule has 7 nitrogen and oxygen atoms in total. The van der Waals surface area contributed by atoms with E-state index in [0.29, 0.717) is 78.5 Å². The molecule has 1 aliphatic heterocycles. The standard InChI is InChI=1S/C23H26Cl2N2O5/c1-30-17-6-7-18(21(15-17)31-2)23(29)27-11-9-26(10-12-27)22(28)4-3-13-32-20-8-5-16(24)14-19(20)25/h5-8,14-15H,3-4,9-13H2,1-2H3. The van der Waals surface area contributed by atoms with Gasteiger partial charge in [0.15, 0.2) is 0 Å². The van der Waals surface area contributed by atoms with Gasteiger partial charge in [-0.2, -0.15) is 0 Å². The van der Waals surface area contributed by atoms with Crippen LogP contribution in [0.1, 0.15) is 23.2 Å². The summed E-state index contributed by atoms with van der Waals surface area (Å²) in [4.78, 5) is 29.0. The van der Waals surface area contributed by atoms with E-state index in [9.17, 15) is 9.59 Å². The lowest BCUT2D eigenvalue weighted by molar-refractivity contribution is -0.132. The van der Waals surface area contributed by atoms with Gasteiger partial charge in [-0.15, -0.1) is 0 Å². The third-order valence-corrected chi connectivity index (χ3v) is 5.78. The Morgan fingerprint density at radius 2 is 1.62 bits per heavy atom. The fourth-order valence-electron chi connectivity index (χ4n) is 3.46. The molecule has 172 valence electrons. The zero-order valence-electron chi connectivity index (χ0n) is 18.1. The maximum Gasteiger partial charge on any atom is 0.257 e. The summed E-state index contributed by atoms with van der Waals surface area (Å²) in [6, 6.07) is 10.1. The molecule has 0 aliphatic carbocycles. The van der Waals surface area contributed by atoms with Gasteiger partial charge in [-0.1, -0.05) is 23.2 Å². The summed E-state index contributed by atoms with van der Waals surface area (Å²) in [6.45, 7) is 2.30. The highest BCUT2D eigenvalue weighted by molar-refractivity contribution is 6.35. The molecular formula is C23H26Cl2N2O5. The Kier molecular flexibility index (Phi) is 8.47. The van der Waals surface area contributed by atoms with Crippen molar-refractivity contribution in [2.24, 2.45) is 0 Å². The van der Waals surface area contributed by atoms with E-state index >= 15 is 0 Å². The van der Waals surface area contributed by atoms with Gasteiger partial charge in [-0.05, 0) is 36.8 Å². The number of hydrogen-bond donors (Lipinski definition) is 0. The van der Waals surface area contributed by atoms with E-state index in [0.717, 1.165) is 0 Å². The van der Waals surface area contributed by atoms with Crippen molar-refractivity contribution in [3.05, 3.63) is 52.0 Å². The summed E-state index contributed by atoms with van der Waals surface area (Å²) in [5.41, 5.74) is 0.478. The molecule has 1 aliphatic rings. The van der Waals surface area contributed by atoms with Crippen molar-refractivity contribution in [3.8, 4) is 17.2 Å². The smallest absolute Gasteiger partial charge is 0.257 e. The van der Waals surface area contributed by atoms with E-state index in [1.54, 1.807) is 53.3 Å². The molecule has 2 aromatic rings. The SMILES string of the molecule is COc1ccc(C(=O)N2CCN(C(=O)CCCOc3ccc(Cl)cc3Cl)CC2)c(OC)c1. The first kappa shape index (κ1) is 24.0. The maximum absolute atomic E-state index is 12.9. The van der Waals surface area contributed by atoms with Gasteiger partial charge in [0.1, 0.15) is 17.2 Å². The van der Waals surface area contributed by atoms with Gasteiger partial charge in [-0.3, -0.25) is 9.59 Å². The van der Waals surface area contributed by atoms with Crippen molar-refractivity contribution in [1.82, 2.24) is 9.80 Å². The monoisotopic (exact) mass is 480 g/mol. The largest absolute Gasteiger partial charge is 0.497 e. The molecule has 0 saturated carbocycles. The fourth-order valence-corrected chi connectivity index (χ4v) is 3.92. The van der Waals surface area contributed by atoms with Gasteiger partial charge in [0.2, 0.25) is 5.91 Å². The summed E-state index contributed by atoms with van der Waals surface area (Å²) >= 11 is 12.0. The second-order valence-electron chi connectivity index (χ2n) is 7.27. The molecule has 0 N–H and O–H groups in total. The normalized spacial score (nSPS) is 13.6. The van der Waals surface area contributed by atoms with E-state index in [1.807, 2.05) is 0 Å². The van der Waals surface area contributed by atoms with E-state index < -0.39 is 0 Å². The topological polar surface area (TPSA) is 68.3 Å². The Labute approximate surface area is 197 Å². The van der Waals surface area contributed by atoms with Crippen LogP contribution in [0.3, 0.4) is 0 Å². The highest BCUT2D eigenvalue weighted by Gasteiger charge is 2.26. The lowest BCUT2D eigenvalue weighted by atomic mass is 10.1. The molecule has 1 heterocycles. The van der Waals surface area contributed by atoms with Crippen LogP contribution in [0.2, 0.25) is 10.0 Å². The van der Waals surface area contributed by atoms with Crippen LogP contribution in [0.25, 0.3) is 0 Å². The molecule has 3 rings (SSSR count). The van der Waals surface area contributed by atoms with Gasteiger partial charge in [-0.25, -0.2) is 0 Å². The van der Waals surface area contributed by atoms with E-state index in [1.165, 1.54) is 7.11 Å². The number of carbonyl (C=O) groups is 2. The number of ether oxygens (including phenoxy) is 3. The number of piperazine rings is 1. The molecule has 32 heavy (non-hydrogen) atoms. The first-order valence-corrected chi connectivity index (χ1v) is 11.1. The zero-order chi connectivity index (χ0) is 23.1. The van der Waals surface area contributed by atoms with Crippen LogP contribution in [0.5, 0.6) is 17.2 Å². The Morgan fingerprint density at radius 3 is 2.28 bits per heavy atom. The average Bonchev–Trinajstić information content (AvgIpc) is 2.82. The Bertz CT molecular complexity index is 961. The Balaban J connectivity index is 1.44. The first-order valence-electron chi connectivity index (χ1n) is 10.3. The van der Waals surface area contributed by atoms with Crippen LogP contribution in [0.15, 0.2) is 36.4 Å². The maximum atomic E-state index is 12.9. The summed E-state index contributed by atoms with van der Waals surface area (Å²) in [7, 11) is 3.08. The quantitative estimate of drug-likeness (QED) is 0.530. The molecule has 1 saturated heterocycles. The predicted octanol–water partition coefficient (Wildman–Crippen LogP) is 4.15. The van der Waals surface area contributed by atoms with E-state index in [-0.39, 0.29) is 11.8 Å². The van der Waals surface area contributed by atoms with E-state index in [2.05, 4.69) is 0 Å². The van der Waals surface area contributed by atoms with E-state index in [4.69, 9.17) is 37.4 Å². The molecule has 0 unspecified atom stereocenters. The number of methoxy groups -OCH3 is 2. The summed E-state index contributed by atoms with van der Waals surface area (Å²) in [5.74, 6) is 1.56. The number of rotatable bonds is 8. The highest BCUT2D eigenvalue weighted by Crippen LogP contribution is 2.28. The molecule has 2 amide bonds. The summed E-state index contributed by atoms with van der Waals surface area (Å²) in [5, 5.41) is 0.985. The number of amides is 2. The zero-order valence-corrected chi connectivity index (χ0v) is 19.6. The fraction of sp³-hybridized carbons (Fsp3) is 0.391. The van der Waals surface area contributed by atoms with Gasteiger partial charge < -0.3 is 24.0 Å². The minimum Gasteiger partial charge on any atom is -0.497 e. The lowest BCUT2D eigenvalue weighted by Crippen LogP contribution is -2.50. The molecule has 0 spiro atoms. The molecule has 1 fully saturated rings. The number of nitrogens with zero attached hydrogens (tertiary/aromatic N) is 2. The van der Waals surface area contributed by atoms with Crippen LogP contribution in [-0.2, 0) is 4.79 Å². The Hall–Kier alpha value is -2.64. The van der Waals surface area contributed by atoms with Gasteiger partial charge in [0, 0.05) is 43.7 Å². The van der Waals surface area contributed by atoms with Gasteiger partial charge >= 0.3 is 0 Å². The van der Waals surface area contributed by atoms with Crippen molar-refractivity contribution < 1.29 is 23.8 Å². The van der Waals surface area contributed by atoms with Crippen molar-refractivity contribution in [2.75, 3.05) is 47.0 Å². The van der Waals surface area contributed by atoms with Crippen LogP contribution in [0.4, 0.5) is 0 Å². The third-order valence-electron chi connectivity index (χ3n) is 5.25. The number of hydrogen-bond acceptors (Lipinski definition) is 5. The number of benzene rings is 2. The van der Waals surface area contributed by atoms with Crippen molar-refractivity contribution >= 4 is 35.0 Å². The minimum atomic E-state index is -0.121.